The summed E-state index contributed by atoms with van der Waals surface area (Å²) in [6.45, 7) is 12.8. The number of amides is 5. The smallest absolute Gasteiger partial charge is 0.332 e. The molecular formula is C30H49N5O7. The summed E-state index contributed by atoms with van der Waals surface area (Å²) in [5.41, 5.74) is 3.07. The van der Waals surface area contributed by atoms with E-state index in [1.54, 1.807) is 20.8 Å². The Labute approximate surface area is 248 Å². The van der Waals surface area contributed by atoms with E-state index in [0.717, 1.165) is 25.2 Å². The maximum atomic E-state index is 13.7. The molecule has 0 spiro atoms. The zero-order valence-electron chi connectivity index (χ0n) is 25.8. The van der Waals surface area contributed by atoms with Crippen LogP contribution in [0.5, 0.6) is 0 Å². The molecule has 3 atom stereocenters. The van der Waals surface area contributed by atoms with Gasteiger partial charge in [0, 0.05) is 6.54 Å². The Balaban J connectivity index is 0.00000141. The van der Waals surface area contributed by atoms with E-state index in [1.165, 1.54) is 30.7 Å². The van der Waals surface area contributed by atoms with E-state index in [0.29, 0.717) is 25.7 Å². The highest BCUT2D eigenvalue weighted by Gasteiger charge is 2.45. The van der Waals surface area contributed by atoms with E-state index < -0.39 is 64.6 Å². The van der Waals surface area contributed by atoms with Gasteiger partial charge < -0.3 is 31.3 Å². The van der Waals surface area contributed by atoms with E-state index in [4.69, 9.17) is 10.5 Å². The number of ether oxygens (including phenoxy) is 1. The Bertz CT molecular complexity index is 1030. The van der Waals surface area contributed by atoms with Crippen LogP contribution in [-0.2, 0) is 28.7 Å². The van der Waals surface area contributed by atoms with Crippen molar-refractivity contribution in [1.82, 2.24) is 20.9 Å². The molecule has 0 aromatic heterocycles. The molecule has 5 N–H and O–H groups in total. The molecule has 1 heterocycles. The summed E-state index contributed by atoms with van der Waals surface area (Å²) in [5.74, 6) is -2.61. The first-order valence-corrected chi connectivity index (χ1v) is 14.9. The summed E-state index contributed by atoms with van der Waals surface area (Å²) >= 11 is 0. The van der Waals surface area contributed by atoms with Crippen molar-refractivity contribution in [3.05, 3.63) is 12.7 Å². The topological polar surface area (TPSA) is 177 Å². The van der Waals surface area contributed by atoms with Crippen molar-refractivity contribution >= 4 is 35.5 Å². The minimum Gasteiger partial charge on any atom is -0.460 e. The third-order valence-corrected chi connectivity index (χ3v) is 7.87. The number of nitrogens with two attached hydrogens (primary N) is 1. The molecule has 0 aromatic rings. The van der Waals surface area contributed by atoms with Crippen molar-refractivity contribution in [3.63, 3.8) is 0 Å². The number of ketones is 1. The average molecular weight is 592 g/mol. The third kappa shape index (κ3) is 9.84. The number of hydrogen-bond acceptors (Lipinski definition) is 7. The van der Waals surface area contributed by atoms with Gasteiger partial charge in [-0.05, 0) is 43.9 Å². The fraction of sp³-hybridized carbons (Fsp3) is 0.733. The molecule has 12 heteroatoms. The lowest BCUT2D eigenvalue weighted by molar-refractivity contribution is -0.151. The predicted molar refractivity (Wildman–Crippen MR) is 157 cm³/mol. The van der Waals surface area contributed by atoms with Crippen LogP contribution in [0, 0.1) is 11.3 Å². The highest BCUT2D eigenvalue weighted by molar-refractivity contribution is 6.37. The highest BCUT2D eigenvalue weighted by atomic mass is 16.5. The van der Waals surface area contributed by atoms with Gasteiger partial charge in [0.05, 0.1) is 6.04 Å². The standard InChI is InChI=1S/C26H41N5O7.C4H8/c1-6-15-38-23(36)26(12-8-7-9-13-26)30-24(37)29-19(25(3,4)5)22(35)31-14-10-11-17(31)21(34)28-16(2)18(32)20(27)33;1-4-2-3-4/h6,16-17,19H,1,7-15H2,2-5H3,(H2,27,33)(H,28,34)(H2,29,30,37);4H,2-3H2,1H3/t16?,17-,19?;/m0./s1. The first-order chi connectivity index (χ1) is 19.6. The van der Waals surface area contributed by atoms with Crippen LogP contribution in [0.3, 0.4) is 0 Å². The van der Waals surface area contributed by atoms with Crippen LogP contribution < -0.4 is 21.7 Å². The maximum absolute atomic E-state index is 13.7. The van der Waals surface area contributed by atoms with E-state index in [9.17, 15) is 28.8 Å². The van der Waals surface area contributed by atoms with Gasteiger partial charge in [0.25, 0.3) is 5.91 Å². The first kappa shape index (κ1) is 34.8. The summed E-state index contributed by atoms with van der Waals surface area (Å²) in [5, 5.41) is 7.97. The van der Waals surface area contributed by atoms with Gasteiger partial charge >= 0.3 is 12.0 Å². The average Bonchev–Trinajstić information content (AvgIpc) is 3.55. The SMILES string of the molecule is C=CCOC(=O)C1(NC(=O)NC(C(=O)N2CCC[C@H]2C(=O)NC(C)C(=O)C(N)=O)C(C)(C)C)CCCCC1.CC1CC1. The van der Waals surface area contributed by atoms with E-state index in [-0.39, 0.29) is 13.2 Å². The second kappa shape index (κ2) is 15.2. The summed E-state index contributed by atoms with van der Waals surface area (Å²) in [4.78, 5) is 76.9. The molecule has 1 saturated heterocycles. The number of rotatable bonds is 10. The van der Waals surface area contributed by atoms with E-state index in [1.807, 2.05) is 0 Å². The number of nitrogens with zero attached hydrogens (tertiary/aromatic N) is 1. The zero-order valence-corrected chi connectivity index (χ0v) is 25.8. The van der Waals surface area contributed by atoms with Gasteiger partial charge in [-0.15, -0.1) is 0 Å². The molecule has 1 aliphatic heterocycles. The van der Waals surface area contributed by atoms with Gasteiger partial charge in [-0.3, -0.25) is 19.2 Å². The number of urea groups is 1. The molecule has 42 heavy (non-hydrogen) atoms. The Hall–Kier alpha value is -3.44. The van der Waals surface area contributed by atoms with Gasteiger partial charge in [0.1, 0.15) is 24.2 Å². The second-order valence-corrected chi connectivity index (χ2v) is 12.8. The number of carbonyl (C=O) groups is 6. The normalized spacial score (nSPS) is 21.0. The van der Waals surface area contributed by atoms with Crippen LogP contribution in [0.25, 0.3) is 0 Å². The minimum atomic E-state index is -1.20. The van der Waals surface area contributed by atoms with Crippen molar-refractivity contribution in [2.75, 3.05) is 13.2 Å². The molecule has 236 valence electrons. The summed E-state index contributed by atoms with van der Waals surface area (Å²) in [6.07, 6.45) is 8.58. The van der Waals surface area contributed by atoms with Crippen molar-refractivity contribution in [2.24, 2.45) is 17.1 Å². The molecule has 0 radical (unpaired) electrons. The number of primary amides is 1. The molecule has 2 unspecified atom stereocenters. The minimum absolute atomic E-state index is 0.0229. The van der Waals surface area contributed by atoms with E-state index in [2.05, 4.69) is 29.5 Å². The van der Waals surface area contributed by atoms with Crippen LogP contribution in [-0.4, -0.2) is 77.2 Å². The molecule has 12 nitrogen and oxygen atoms in total. The number of nitrogens with one attached hydrogen (secondary N) is 3. The molecule has 0 aromatic carbocycles. The molecule has 5 amide bonds. The number of carbonyl (C=O) groups excluding carboxylic acids is 6. The molecule has 2 saturated carbocycles. The van der Waals surface area contributed by atoms with Gasteiger partial charge in [0.2, 0.25) is 17.6 Å². The molecular weight excluding hydrogens is 542 g/mol. The Kier molecular flexibility index (Phi) is 12.5. The fourth-order valence-electron chi connectivity index (χ4n) is 5.07. The summed E-state index contributed by atoms with van der Waals surface area (Å²) in [6, 6.07) is -3.71. The van der Waals surface area contributed by atoms with Gasteiger partial charge in [-0.1, -0.05) is 72.5 Å². The lowest BCUT2D eigenvalue weighted by atomic mass is 9.81. The highest BCUT2D eigenvalue weighted by Crippen LogP contribution is 2.30. The van der Waals surface area contributed by atoms with Crippen molar-refractivity contribution in [2.45, 2.75) is 116 Å². The van der Waals surface area contributed by atoms with Gasteiger partial charge in [-0.25, -0.2) is 9.59 Å². The Morgan fingerprint density at radius 2 is 1.62 bits per heavy atom. The molecule has 0 bridgehead atoms. The van der Waals surface area contributed by atoms with Gasteiger partial charge in [-0.2, -0.15) is 0 Å². The van der Waals surface area contributed by atoms with Crippen LogP contribution in [0.4, 0.5) is 4.79 Å². The lowest BCUT2D eigenvalue weighted by Gasteiger charge is -2.38. The molecule has 3 rings (SSSR count). The maximum Gasteiger partial charge on any atom is 0.332 e. The second-order valence-electron chi connectivity index (χ2n) is 12.8. The van der Waals surface area contributed by atoms with E-state index >= 15 is 0 Å². The van der Waals surface area contributed by atoms with Gasteiger partial charge in [0.15, 0.2) is 0 Å². The van der Waals surface area contributed by atoms with Crippen LogP contribution in [0.2, 0.25) is 0 Å². The Morgan fingerprint density at radius 3 is 2.12 bits per heavy atom. The first-order valence-electron chi connectivity index (χ1n) is 14.9. The largest absolute Gasteiger partial charge is 0.460 e. The predicted octanol–water partition coefficient (Wildman–Crippen LogP) is 2.10. The third-order valence-electron chi connectivity index (χ3n) is 7.87. The number of esters is 1. The fourth-order valence-corrected chi connectivity index (χ4v) is 5.07. The number of likely N-dealkylation sites (tertiary alicyclic amines) is 1. The number of Topliss-reactive ketones (excluding diaryl/α,β-unsaturated/α-hetero) is 1. The van der Waals surface area contributed by atoms with Crippen LogP contribution >= 0.6 is 0 Å². The zero-order chi connectivity index (χ0) is 31.7. The monoisotopic (exact) mass is 591 g/mol. The van der Waals surface area contributed by atoms with Crippen LogP contribution in [0.15, 0.2) is 12.7 Å². The Morgan fingerprint density at radius 1 is 1.02 bits per heavy atom. The summed E-state index contributed by atoms with van der Waals surface area (Å²) in [7, 11) is 0. The van der Waals surface area contributed by atoms with Crippen LogP contribution in [0.1, 0.15) is 92.4 Å². The lowest BCUT2D eigenvalue weighted by Crippen LogP contribution is -2.63. The summed E-state index contributed by atoms with van der Waals surface area (Å²) < 4.78 is 5.27. The number of hydrogen-bond donors (Lipinski definition) is 4. The quantitative estimate of drug-likeness (QED) is 0.171. The van der Waals surface area contributed by atoms with Crippen molar-refractivity contribution in [1.29, 1.82) is 0 Å². The molecule has 3 aliphatic rings. The van der Waals surface area contributed by atoms with Crippen molar-refractivity contribution < 1.29 is 33.5 Å². The molecule has 2 aliphatic carbocycles. The molecule has 3 fully saturated rings. The van der Waals surface area contributed by atoms with Crippen molar-refractivity contribution in [3.8, 4) is 0 Å².